The van der Waals surface area contributed by atoms with Crippen molar-refractivity contribution in [1.82, 2.24) is 14.9 Å². The second kappa shape index (κ2) is 7.82. The van der Waals surface area contributed by atoms with Crippen LogP contribution in [0, 0.1) is 4.77 Å². The Labute approximate surface area is 156 Å². The van der Waals surface area contributed by atoms with E-state index in [-0.39, 0.29) is 0 Å². The lowest BCUT2D eigenvalue weighted by Gasteiger charge is -2.14. The first-order valence-electron chi connectivity index (χ1n) is 7.05. The normalized spacial score (nSPS) is 10.6. The fourth-order valence-electron chi connectivity index (χ4n) is 2.09. The highest BCUT2D eigenvalue weighted by atomic mass is 79.9. The van der Waals surface area contributed by atoms with E-state index in [9.17, 15) is 0 Å². The zero-order valence-corrected chi connectivity index (χ0v) is 16.0. The monoisotopic (exact) mass is 426 g/mol. The zero-order valence-electron chi connectivity index (χ0n) is 12.8. The van der Waals surface area contributed by atoms with E-state index in [1.54, 1.807) is 29.5 Å². The summed E-state index contributed by atoms with van der Waals surface area (Å²) in [6, 6.07) is 7.97. The highest BCUT2D eigenvalue weighted by molar-refractivity contribution is 9.10. The molecule has 2 aromatic heterocycles. The molecule has 2 heterocycles. The van der Waals surface area contributed by atoms with Gasteiger partial charge in [0.2, 0.25) is 4.77 Å². The summed E-state index contributed by atoms with van der Waals surface area (Å²) >= 11 is 10.3. The Kier molecular flexibility index (Phi) is 5.54. The molecule has 0 atom stereocenters. The number of thiophene rings is 1. The molecule has 6 nitrogen and oxygen atoms in total. The number of methoxy groups -OCH3 is 1. The molecular weight excluding hydrogens is 412 g/mol. The first kappa shape index (κ1) is 17.0. The number of aromatic nitrogens is 3. The standard InChI is InChI=1S/C15H15BrN4O2S2/c1-21-13-6-10(7-18-20-9-17-19-15(20)23)5-12(16)14(13)22-8-11-3-2-4-24-11/h2-6,9,18H,7-8H2,1H3,(H,19,23). The molecule has 3 aromatic rings. The van der Waals surface area contributed by atoms with Crippen LogP contribution in [-0.4, -0.2) is 22.0 Å². The number of hydrogen-bond acceptors (Lipinski definition) is 6. The van der Waals surface area contributed by atoms with Gasteiger partial charge < -0.3 is 14.9 Å². The van der Waals surface area contributed by atoms with E-state index < -0.39 is 0 Å². The van der Waals surface area contributed by atoms with Crippen LogP contribution in [-0.2, 0) is 13.2 Å². The maximum atomic E-state index is 5.91. The van der Waals surface area contributed by atoms with E-state index in [4.69, 9.17) is 21.7 Å². The number of nitrogens with zero attached hydrogens (tertiary/aromatic N) is 2. The summed E-state index contributed by atoms with van der Waals surface area (Å²) in [5.74, 6) is 1.36. The summed E-state index contributed by atoms with van der Waals surface area (Å²) in [6.45, 7) is 1.07. The minimum absolute atomic E-state index is 0.508. The van der Waals surface area contributed by atoms with Gasteiger partial charge in [-0.3, -0.25) is 5.10 Å². The van der Waals surface area contributed by atoms with Crippen molar-refractivity contribution in [2.45, 2.75) is 13.2 Å². The van der Waals surface area contributed by atoms with Gasteiger partial charge in [-0.2, -0.15) is 5.10 Å². The number of rotatable bonds is 7. The number of nitrogens with one attached hydrogen (secondary N) is 2. The number of aromatic amines is 1. The molecule has 0 fully saturated rings. The van der Waals surface area contributed by atoms with E-state index in [1.807, 2.05) is 29.6 Å². The van der Waals surface area contributed by atoms with E-state index in [0.717, 1.165) is 14.9 Å². The van der Waals surface area contributed by atoms with Gasteiger partial charge in [0.1, 0.15) is 12.9 Å². The molecule has 126 valence electrons. The molecule has 0 bridgehead atoms. The molecule has 0 saturated heterocycles. The van der Waals surface area contributed by atoms with Gasteiger partial charge in [0.05, 0.1) is 18.1 Å². The molecule has 3 rings (SSSR count). The Morgan fingerprint density at radius 1 is 1.46 bits per heavy atom. The smallest absolute Gasteiger partial charge is 0.214 e. The lowest BCUT2D eigenvalue weighted by molar-refractivity contribution is 0.285. The van der Waals surface area contributed by atoms with Gasteiger partial charge >= 0.3 is 0 Å². The van der Waals surface area contributed by atoms with Crippen molar-refractivity contribution in [3.8, 4) is 11.5 Å². The van der Waals surface area contributed by atoms with Crippen molar-refractivity contribution < 1.29 is 9.47 Å². The molecule has 0 saturated carbocycles. The minimum atomic E-state index is 0.508. The number of ether oxygens (including phenoxy) is 2. The number of halogens is 1. The van der Waals surface area contributed by atoms with E-state index in [1.165, 1.54) is 0 Å². The summed E-state index contributed by atoms with van der Waals surface area (Å²) < 4.78 is 14.4. The third-order valence-corrected chi connectivity index (χ3v) is 4.96. The first-order chi connectivity index (χ1) is 11.7. The molecule has 2 N–H and O–H groups in total. The summed E-state index contributed by atoms with van der Waals surface area (Å²) in [4.78, 5) is 1.16. The van der Waals surface area contributed by atoms with Crippen LogP contribution in [0.2, 0.25) is 0 Å². The van der Waals surface area contributed by atoms with E-state index in [2.05, 4.69) is 31.6 Å². The predicted molar refractivity (Wildman–Crippen MR) is 99.8 cm³/mol. The van der Waals surface area contributed by atoms with Crippen LogP contribution in [0.25, 0.3) is 0 Å². The van der Waals surface area contributed by atoms with Gasteiger partial charge in [-0.1, -0.05) is 6.07 Å². The van der Waals surface area contributed by atoms with Gasteiger partial charge in [0.25, 0.3) is 0 Å². The number of H-pyrrole nitrogens is 1. The third-order valence-electron chi connectivity index (χ3n) is 3.23. The fraction of sp³-hybridized carbons (Fsp3) is 0.200. The average Bonchev–Trinajstić information content (AvgIpc) is 3.23. The average molecular weight is 427 g/mol. The maximum absolute atomic E-state index is 5.91. The van der Waals surface area contributed by atoms with Gasteiger partial charge in [-0.15, -0.1) is 11.3 Å². The maximum Gasteiger partial charge on any atom is 0.214 e. The largest absolute Gasteiger partial charge is 0.493 e. The lowest BCUT2D eigenvalue weighted by Crippen LogP contribution is -2.13. The topological polar surface area (TPSA) is 64.1 Å². The van der Waals surface area contributed by atoms with Crippen LogP contribution in [0.15, 0.2) is 40.4 Å². The quantitative estimate of drug-likeness (QED) is 0.556. The third kappa shape index (κ3) is 3.97. The Morgan fingerprint density at radius 3 is 3.00 bits per heavy atom. The van der Waals surface area contributed by atoms with Crippen molar-refractivity contribution in [3.05, 3.63) is 55.7 Å². The predicted octanol–water partition coefficient (Wildman–Crippen LogP) is 4.10. The molecular formula is C15H15BrN4O2S2. The van der Waals surface area contributed by atoms with Crippen LogP contribution in [0.4, 0.5) is 0 Å². The van der Waals surface area contributed by atoms with Crippen molar-refractivity contribution >= 4 is 39.5 Å². The van der Waals surface area contributed by atoms with E-state index in [0.29, 0.717) is 29.4 Å². The van der Waals surface area contributed by atoms with E-state index >= 15 is 0 Å². The SMILES string of the molecule is COc1cc(CNn2cn[nH]c2=S)cc(Br)c1OCc1cccs1. The zero-order chi connectivity index (χ0) is 16.9. The molecule has 0 aliphatic carbocycles. The molecule has 9 heteroatoms. The highest BCUT2D eigenvalue weighted by Crippen LogP contribution is 2.37. The molecule has 0 radical (unpaired) electrons. The van der Waals surface area contributed by atoms with Gasteiger partial charge in [0, 0.05) is 4.88 Å². The molecule has 0 unspecified atom stereocenters. The van der Waals surface area contributed by atoms with Crippen molar-refractivity contribution in [3.63, 3.8) is 0 Å². The van der Waals surface area contributed by atoms with Gasteiger partial charge in [-0.25, -0.2) is 4.68 Å². The van der Waals surface area contributed by atoms with Crippen LogP contribution in [0.5, 0.6) is 11.5 Å². The second-order valence-corrected chi connectivity index (χ2v) is 7.12. The molecule has 0 aliphatic rings. The van der Waals surface area contributed by atoms with Crippen LogP contribution >= 0.6 is 39.5 Å². The Bertz CT molecular complexity index is 861. The van der Waals surface area contributed by atoms with Crippen molar-refractivity contribution in [2.75, 3.05) is 12.5 Å². The highest BCUT2D eigenvalue weighted by Gasteiger charge is 2.12. The Morgan fingerprint density at radius 2 is 2.33 bits per heavy atom. The van der Waals surface area contributed by atoms with Crippen LogP contribution < -0.4 is 14.9 Å². The summed E-state index contributed by atoms with van der Waals surface area (Å²) in [5, 5.41) is 8.59. The molecule has 0 spiro atoms. The minimum Gasteiger partial charge on any atom is -0.493 e. The van der Waals surface area contributed by atoms with Gasteiger partial charge in [0.15, 0.2) is 11.5 Å². The lowest BCUT2D eigenvalue weighted by atomic mass is 10.2. The fourth-order valence-corrected chi connectivity index (χ4v) is 3.47. The Hall–Kier alpha value is -1.84. The molecule has 1 aromatic carbocycles. The van der Waals surface area contributed by atoms with Gasteiger partial charge in [-0.05, 0) is 57.3 Å². The first-order valence-corrected chi connectivity index (χ1v) is 9.13. The van der Waals surface area contributed by atoms with Crippen molar-refractivity contribution in [2.24, 2.45) is 0 Å². The van der Waals surface area contributed by atoms with Crippen LogP contribution in [0.3, 0.4) is 0 Å². The Balaban J connectivity index is 1.74. The molecule has 24 heavy (non-hydrogen) atoms. The number of hydrogen-bond donors (Lipinski definition) is 2. The summed E-state index contributed by atoms with van der Waals surface area (Å²) in [5.41, 5.74) is 4.18. The van der Waals surface area contributed by atoms with Crippen molar-refractivity contribution in [1.29, 1.82) is 0 Å². The molecule has 0 amide bonds. The second-order valence-electron chi connectivity index (χ2n) is 4.84. The summed E-state index contributed by atoms with van der Waals surface area (Å²) in [7, 11) is 1.63. The summed E-state index contributed by atoms with van der Waals surface area (Å²) in [6.07, 6.45) is 1.59. The molecule has 0 aliphatic heterocycles. The number of benzene rings is 1. The van der Waals surface area contributed by atoms with Crippen LogP contribution in [0.1, 0.15) is 10.4 Å².